The van der Waals surface area contributed by atoms with Gasteiger partial charge in [-0.1, -0.05) is 30.3 Å². The third-order valence-corrected chi connectivity index (χ3v) is 7.49. The van der Waals surface area contributed by atoms with Crippen molar-refractivity contribution in [3.63, 3.8) is 0 Å². The quantitative estimate of drug-likeness (QED) is 0.241. The second kappa shape index (κ2) is 12.4. The van der Waals surface area contributed by atoms with E-state index in [-0.39, 0.29) is 30.8 Å². The number of cyclic esters (lactones) is 1. The molecule has 2 unspecified atom stereocenters. The normalized spacial score (nSPS) is 18.1. The lowest BCUT2D eigenvalue weighted by Gasteiger charge is -2.37. The molecule has 0 aromatic heterocycles. The summed E-state index contributed by atoms with van der Waals surface area (Å²) in [5.74, 6) is -1.03. The van der Waals surface area contributed by atoms with E-state index in [1.165, 1.54) is 9.80 Å². The van der Waals surface area contributed by atoms with Crippen molar-refractivity contribution in [1.29, 1.82) is 5.41 Å². The van der Waals surface area contributed by atoms with E-state index in [2.05, 4.69) is 5.32 Å². The van der Waals surface area contributed by atoms with Gasteiger partial charge in [0.1, 0.15) is 18.0 Å². The average Bonchev–Trinajstić information content (AvgIpc) is 3.36. The van der Waals surface area contributed by atoms with Crippen molar-refractivity contribution in [3.05, 3.63) is 77.9 Å². The van der Waals surface area contributed by atoms with Crippen LogP contribution in [-0.2, 0) is 19.1 Å². The summed E-state index contributed by atoms with van der Waals surface area (Å²) >= 11 is 0. The molecule has 218 valence electrons. The van der Waals surface area contributed by atoms with Gasteiger partial charge in [-0.15, -0.1) is 0 Å². The number of carbonyl (C=O) groups excluding carboxylic acids is 4. The van der Waals surface area contributed by atoms with Gasteiger partial charge < -0.3 is 19.7 Å². The molecule has 11 nitrogen and oxygen atoms in total. The van der Waals surface area contributed by atoms with E-state index in [1.807, 2.05) is 35.2 Å². The van der Waals surface area contributed by atoms with E-state index in [9.17, 15) is 19.2 Å². The first-order valence-corrected chi connectivity index (χ1v) is 13.9. The van der Waals surface area contributed by atoms with Gasteiger partial charge in [0.05, 0.1) is 19.7 Å². The number of ether oxygens (including phenoxy) is 2. The first kappa shape index (κ1) is 28.7. The molecule has 2 aliphatic rings. The highest BCUT2D eigenvalue weighted by molar-refractivity contribution is 6.12. The fourth-order valence-electron chi connectivity index (χ4n) is 5.20. The molecule has 42 heavy (non-hydrogen) atoms. The maximum atomic E-state index is 12.7. The average molecular weight is 572 g/mol. The van der Waals surface area contributed by atoms with Crippen LogP contribution in [0.4, 0.5) is 10.5 Å². The molecular weight excluding hydrogens is 538 g/mol. The Hall–Kier alpha value is -4.77. The monoisotopic (exact) mass is 571 g/mol. The first-order chi connectivity index (χ1) is 20.2. The number of benzene rings is 3. The lowest BCUT2D eigenvalue weighted by Crippen LogP contribution is -2.56. The summed E-state index contributed by atoms with van der Waals surface area (Å²) < 4.78 is 10.6. The molecule has 11 heteroatoms. The van der Waals surface area contributed by atoms with Gasteiger partial charge in [0, 0.05) is 36.4 Å². The predicted molar refractivity (Wildman–Crippen MR) is 157 cm³/mol. The minimum absolute atomic E-state index is 0.0531. The zero-order chi connectivity index (χ0) is 29.8. The van der Waals surface area contributed by atoms with Gasteiger partial charge in [-0.25, -0.2) is 9.59 Å². The lowest BCUT2D eigenvalue weighted by molar-refractivity contribution is -0.156. The fraction of sp³-hybridized carbons (Fsp3) is 0.323. The van der Waals surface area contributed by atoms with Crippen molar-refractivity contribution in [2.75, 3.05) is 44.2 Å². The Morgan fingerprint density at radius 1 is 1.02 bits per heavy atom. The highest BCUT2D eigenvalue weighted by atomic mass is 16.6. The number of nitrogens with one attached hydrogen (secondary N) is 2. The minimum atomic E-state index is -0.643. The largest absolute Gasteiger partial charge is 0.464 e. The second-order valence-corrected chi connectivity index (χ2v) is 10.3. The number of hydrogen-bond acceptors (Lipinski definition) is 8. The molecule has 0 saturated carbocycles. The lowest BCUT2D eigenvalue weighted by atomic mass is 10.1. The molecule has 0 radical (unpaired) electrons. The molecule has 3 aromatic carbocycles. The zero-order valence-electron chi connectivity index (χ0n) is 23.5. The topological polar surface area (TPSA) is 132 Å². The van der Waals surface area contributed by atoms with Gasteiger partial charge in [-0.2, -0.15) is 0 Å². The van der Waals surface area contributed by atoms with Crippen molar-refractivity contribution >= 4 is 46.2 Å². The van der Waals surface area contributed by atoms with Crippen molar-refractivity contribution in [2.24, 2.45) is 0 Å². The van der Waals surface area contributed by atoms with Crippen molar-refractivity contribution in [3.8, 4) is 0 Å². The molecule has 2 atom stereocenters. The number of hydrogen-bond donors (Lipinski definition) is 2. The van der Waals surface area contributed by atoms with Crippen LogP contribution in [0.3, 0.4) is 0 Å². The summed E-state index contributed by atoms with van der Waals surface area (Å²) in [5, 5.41) is 13.0. The number of amidine groups is 1. The molecule has 2 N–H and O–H groups in total. The number of anilines is 1. The van der Waals surface area contributed by atoms with Gasteiger partial charge in [-0.3, -0.25) is 24.8 Å². The third kappa shape index (κ3) is 6.26. The van der Waals surface area contributed by atoms with Crippen LogP contribution < -0.4 is 10.2 Å². The van der Waals surface area contributed by atoms with E-state index >= 15 is 0 Å². The third-order valence-electron chi connectivity index (χ3n) is 7.49. The molecule has 2 fully saturated rings. The minimum Gasteiger partial charge on any atom is -0.464 e. The number of nitrogens with zero attached hydrogens (tertiary/aromatic N) is 3. The van der Waals surface area contributed by atoms with Gasteiger partial charge in [-0.05, 0) is 61.0 Å². The van der Waals surface area contributed by atoms with E-state index in [0.29, 0.717) is 43.0 Å². The van der Waals surface area contributed by atoms with Crippen LogP contribution in [0, 0.1) is 5.41 Å². The van der Waals surface area contributed by atoms with Gasteiger partial charge >= 0.3 is 12.1 Å². The molecule has 0 bridgehead atoms. The van der Waals surface area contributed by atoms with Crippen LogP contribution in [0.2, 0.25) is 0 Å². The van der Waals surface area contributed by atoms with Crippen LogP contribution in [0.25, 0.3) is 10.8 Å². The Kier molecular flexibility index (Phi) is 8.48. The van der Waals surface area contributed by atoms with E-state index < -0.39 is 24.2 Å². The Morgan fingerprint density at radius 3 is 2.45 bits per heavy atom. The van der Waals surface area contributed by atoms with Crippen molar-refractivity contribution in [1.82, 2.24) is 15.1 Å². The molecule has 0 aliphatic carbocycles. The van der Waals surface area contributed by atoms with E-state index in [1.54, 1.807) is 50.2 Å². The first-order valence-electron chi connectivity index (χ1n) is 13.9. The fourth-order valence-corrected chi connectivity index (χ4v) is 5.20. The van der Waals surface area contributed by atoms with Crippen LogP contribution in [-0.4, -0.2) is 91.0 Å². The Balaban J connectivity index is 1.14. The number of esters is 1. The SMILES string of the molecule is CCOC(=O)C(C)N1CCN(CC2CN(c3ccc(C(=N)NC(=O)c4ccc5ccccc5c4)cc3)C(=O)O2)CC1=O. The maximum absolute atomic E-state index is 12.7. The summed E-state index contributed by atoms with van der Waals surface area (Å²) in [7, 11) is 0. The summed E-state index contributed by atoms with van der Waals surface area (Å²) in [6.45, 7) is 5.40. The molecule has 2 heterocycles. The predicted octanol–water partition coefficient (Wildman–Crippen LogP) is 3.02. The van der Waals surface area contributed by atoms with E-state index in [4.69, 9.17) is 14.9 Å². The van der Waals surface area contributed by atoms with Gasteiger partial charge in [0.15, 0.2) is 0 Å². The van der Waals surface area contributed by atoms with Crippen molar-refractivity contribution < 1.29 is 28.7 Å². The van der Waals surface area contributed by atoms with Crippen molar-refractivity contribution in [2.45, 2.75) is 26.0 Å². The van der Waals surface area contributed by atoms with Crippen LogP contribution in [0.5, 0.6) is 0 Å². The molecule has 2 aliphatic heterocycles. The molecule has 5 rings (SSSR count). The Bertz CT molecular complexity index is 1520. The summed E-state index contributed by atoms with van der Waals surface area (Å²) in [6, 6.07) is 19.2. The summed E-state index contributed by atoms with van der Waals surface area (Å²) in [4.78, 5) is 55.1. The molecule has 3 aromatic rings. The maximum Gasteiger partial charge on any atom is 0.414 e. The number of piperazine rings is 1. The highest BCUT2D eigenvalue weighted by Crippen LogP contribution is 2.23. The van der Waals surface area contributed by atoms with Crippen LogP contribution in [0.1, 0.15) is 29.8 Å². The number of amides is 3. The standard InChI is InChI=1S/C31H33N5O6/c1-3-41-30(39)20(2)35-15-14-34(19-27(35)37)17-26-18-36(31(40)42-26)25-12-10-22(11-13-25)28(32)33-29(38)24-9-8-21-6-4-5-7-23(21)16-24/h4-13,16,20,26H,3,14-15,17-19H2,1-2H3,(H2,32,33,38). The van der Waals surface area contributed by atoms with Gasteiger partial charge in [0.25, 0.3) is 5.91 Å². The Morgan fingerprint density at radius 2 is 1.74 bits per heavy atom. The van der Waals surface area contributed by atoms with Crippen LogP contribution >= 0.6 is 0 Å². The number of carbonyl (C=O) groups is 4. The second-order valence-electron chi connectivity index (χ2n) is 10.3. The molecule has 0 spiro atoms. The number of fused-ring (bicyclic) bond motifs is 1. The molecular formula is C31H33N5O6. The van der Waals surface area contributed by atoms with Crippen LogP contribution in [0.15, 0.2) is 66.7 Å². The highest BCUT2D eigenvalue weighted by Gasteiger charge is 2.37. The summed E-state index contributed by atoms with van der Waals surface area (Å²) in [5.41, 5.74) is 1.55. The van der Waals surface area contributed by atoms with Gasteiger partial charge in [0.2, 0.25) is 5.91 Å². The zero-order valence-corrected chi connectivity index (χ0v) is 23.5. The molecule has 2 saturated heterocycles. The number of rotatable bonds is 8. The summed E-state index contributed by atoms with van der Waals surface area (Å²) in [6.07, 6.45) is -0.924. The smallest absolute Gasteiger partial charge is 0.414 e. The molecule has 3 amide bonds. The van der Waals surface area contributed by atoms with E-state index in [0.717, 1.165) is 10.8 Å². The Labute approximate surface area is 243 Å².